The molecule has 6 nitrogen and oxygen atoms in total. The van der Waals surface area contributed by atoms with Crippen LogP contribution in [0.3, 0.4) is 0 Å². The first-order valence-corrected chi connectivity index (χ1v) is 11.6. The predicted molar refractivity (Wildman–Crippen MR) is 121 cm³/mol. The van der Waals surface area contributed by atoms with Gasteiger partial charge in [0.1, 0.15) is 5.69 Å². The van der Waals surface area contributed by atoms with Gasteiger partial charge < -0.3 is 15.7 Å². The van der Waals surface area contributed by atoms with Crippen LogP contribution in [0.4, 0.5) is 0 Å². The standard InChI is InChI=1S/C25H39N3O3/c1-15(22(30)28-24(3,4)5)17-10-12-25(6)13-11-18(16(2)20(25)21(17)29)27-23(31)19-9-7-8-14-26-19/h7-9,14-18,20-21,29H,10-13H2,1-6H3,(H,27,31)(H,28,30)/t15-,16-,17+,18-,20+,21-,25+/m0/s1. The van der Waals surface area contributed by atoms with Gasteiger partial charge in [-0.25, -0.2) is 0 Å². The molecule has 2 aliphatic rings. The third-order valence-electron chi connectivity index (χ3n) is 7.66. The second-order valence-electron chi connectivity index (χ2n) is 11.1. The fraction of sp³-hybridized carbons (Fsp3) is 0.720. The number of aromatic nitrogens is 1. The second-order valence-corrected chi connectivity index (χ2v) is 11.1. The number of amides is 2. The molecular formula is C25H39N3O3. The summed E-state index contributed by atoms with van der Waals surface area (Å²) >= 11 is 0. The minimum atomic E-state index is -0.566. The highest BCUT2D eigenvalue weighted by molar-refractivity contribution is 5.92. The molecule has 3 N–H and O–H groups in total. The Hall–Kier alpha value is -1.95. The van der Waals surface area contributed by atoms with Gasteiger partial charge in [-0.05, 0) is 81.8 Å². The molecule has 2 aliphatic carbocycles. The molecule has 2 amide bonds. The van der Waals surface area contributed by atoms with Crippen LogP contribution in [0.1, 0.15) is 77.7 Å². The smallest absolute Gasteiger partial charge is 0.270 e. The molecule has 0 aliphatic heterocycles. The van der Waals surface area contributed by atoms with E-state index in [4.69, 9.17) is 0 Å². The SMILES string of the molecule is C[C@@H]1[C@@H]2[C@@H](O)[C@@H]([C@H](C)C(=O)NC(C)(C)C)CC[C@]2(C)CC[C@@H]1NC(=O)c1ccccn1. The first-order chi connectivity index (χ1) is 14.4. The van der Waals surface area contributed by atoms with Crippen molar-refractivity contribution in [1.29, 1.82) is 0 Å². The topological polar surface area (TPSA) is 91.3 Å². The number of pyridine rings is 1. The highest BCUT2D eigenvalue weighted by Gasteiger charge is 2.54. The number of nitrogens with one attached hydrogen (secondary N) is 2. The van der Waals surface area contributed by atoms with E-state index in [9.17, 15) is 14.7 Å². The van der Waals surface area contributed by atoms with E-state index in [1.807, 2.05) is 33.8 Å². The summed E-state index contributed by atoms with van der Waals surface area (Å²) in [7, 11) is 0. The minimum Gasteiger partial charge on any atom is -0.392 e. The van der Waals surface area contributed by atoms with Crippen LogP contribution < -0.4 is 10.6 Å². The Labute approximate surface area is 186 Å². The zero-order valence-corrected chi connectivity index (χ0v) is 19.8. The molecule has 1 aromatic rings. The van der Waals surface area contributed by atoms with Crippen LogP contribution in [0.2, 0.25) is 0 Å². The van der Waals surface area contributed by atoms with Crippen LogP contribution in [-0.2, 0) is 4.79 Å². The molecule has 0 radical (unpaired) electrons. The summed E-state index contributed by atoms with van der Waals surface area (Å²) in [5.74, 6) is -0.340. The number of aliphatic hydroxyl groups excluding tert-OH is 1. The van der Waals surface area contributed by atoms with E-state index in [0.717, 1.165) is 25.7 Å². The summed E-state index contributed by atoms with van der Waals surface area (Å²) < 4.78 is 0. The molecule has 0 saturated heterocycles. The molecule has 3 rings (SSSR count). The summed E-state index contributed by atoms with van der Waals surface area (Å²) in [6.07, 6.45) is 4.76. The molecule has 1 aromatic heterocycles. The Morgan fingerprint density at radius 3 is 2.52 bits per heavy atom. The molecule has 0 aromatic carbocycles. The van der Waals surface area contributed by atoms with E-state index in [-0.39, 0.29) is 52.5 Å². The average Bonchev–Trinajstić information content (AvgIpc) is 2.69. The summed E-state index contributed by atoms with van der Waals surface area (Å²) in [6.45, 7) is 12.3. The van der Waals surface area contributed by atoms with Gasteiger partial charge in [0, 0.05) is 23.7 Å². The Morgan fingerprint density at radius 1 is 1.23 bits per heavy atom. The Balaban J connectivity index is 1.74. The Morgan fingerprint density at radius 2 is 1.90 bits per heavy atom. The molecule has 1 heterocycles. The van der Waals surface area contributed by atoms with Crippen molar-refractivity contribution >= 4 is 11.8 Å². The summed E-state index contributed by atoms with van der Waals surface area (Å²) in [5, 5.41) is 17.7. The molecule has 2 saturated carbocycles. The molecule has 172 valence electrons. The first-order valence-electron chi connectivity index (χ1n) is 11.6. The molecule has 0 spiro atoms. The van der Waals surface area contributed by atoms with E-state index in [2.05, 4.69) is 29.5 Å². The maximum absolute atomic E-state index is 12.8. The van der Waals surface area contributed by atoms with Crippen LogP contribution in [0.25, 0.3) is 0 Å². The van der Waals surface area contributed by atoms with Gasteiger partial charge in [-0.15, -0.1) is 0 Å². The van der Waals surface area contributed by atoms with Gasteiger partial charge in [0.05, 0.1) is 6.10 Å². The zero-order chi connectivity index (χ0) is 23.0. The zero-order valence-electron chi connectivity index (χ0n) is 19.8. The fourth-order valence-corrected chi connectivity index (χ4v) is 5.91. The highest BCUT2D eigenvalue weighted by atomic mass is 16.3. The number of carbonyl (C=O) groups excluding carboxylic acids is 2. The molecular weight excluding hydrogens is 390 g/mol. The maximum atomic E-state index is 12.8. The van der Waals surface area contributed by atoms with Crippen LogP contribution in [0.15, 0.2) is 24.4 Å². The lowest BCUT2D eigenvalue weighted by atomic mass is 9.51. The number of rotatable bonds is 4. The van der Waals surface area contributed by atoms with Crippen LogP contribution in [-0.4, -0.2) is 39.6 Å². The van der Waals surface area contributed by atoms with Crippen LogP contribution in [0, 0.1) is 29.1 Å². The lowest BCUT2D eigenvalue weighted by molar-refractivity contribution is -0.143. The summed E-state index contributed by atoms with van der Waals surface area (Å²) in [6, 6.07) is 5.30. The van der Waals surface area contributed by atoms with Gasteiger partial charge in [0.25, 0.3) is 5.91 Å². The van der Waals surface area contributed by atoms with Crippen molar-refractivity contribution in [2.75, 3.05) is 0 Å². The molecule has 6 heteroatoms. The summed E-state index contributed by atoms with van der Waals surface area (Å²) in [5.41, 5.74) is 0.151. The lowest BCUT2D eigenvalue weighted by Crippen LogP contribution is -2.59. The molecule has 31 heavy (non-hydrogen) atoms. The van der Waals surface area contributed by atoms with Gasteiger partial charge in [0.15, 0.2) is 0 Å². The monoisotopic (exact) mass is 429 g/mol. The molecule has 0 unspecified atom stereocenters. The average molecular weight is 430 g/mol. The van der Waals surface area contributed by atoms with Crippen molar-refractivity contribution < 1.29 is 14.7 Å². The van der Waals surface area contributed by atoms with Crippen molar-refractivity contribution in [2.24, 2.45) is 29.1 Å². The third-order valence-corrected chi connectivity index (χ3v) is 7.66. The predicted octanol–water partition coefficient (Wildman–Crippen LogP) is 3.55. The lowest BCUT2D eigenvalue weighted by Gasteiger charge is -2.56. The number of carbonyl (C=O) groups is 2. The van der Waals surface area contributed by atoms with E-state index in [0.29, 0.717) is 5.69 Å². The van der Waals surface area contributed by atoms with Crippen molar-refractivity contribution in [3.8, 4) is 0 Å². The van der Waals surface area contributed by atoms with Crippen molar-refractivity contribution in [2.45, 2.75) is 84.9 Å². The molecule has 0 bridgehead atoms. The van der Waals surface area contributed by atoms with Crippen LogP contribution in [0.5, 0.6) is 0 Å². The molecule has 2 fully saturated rings. The van der Waals surface area contributed by atoms with Crippen molar-refractivity contribution in [3.05, 3.63) is 30.1 Å². The maximum Gasteiger partial charge on any atom is 0.270 e. The Bertz CT molecular complexity index is 791. The number of hydrogen-bond acceptors (Lipinski definition) is 4. The van der Waals surface area contributed by atoms with E-state index in [1.54, 1.807) is 18.3 Å². The minimum absolute atomic E-state index is 0.00335. The van der Waals surface area contributed by atoms with E-state index >= 15 is 0 Å². The Kier molecular flexibility index (Phi) is 6.80. The highest BCUT2D eigenvalue weighted by Crippen LogP contribution is 2.55. The first kappa shape index (κ1) is 23.7. The third kappa shape index (κ3) is 5.11. The largest absolute Gasteiger partial charge is 0.392 e. The number of aliphatic hydroxyl groups is 1. The van der Waals surface area contributed by atoms with Gasteiger partial charge in [-0.2, -0.15) is 0 Å². The second kappa shape index (κ2) is 8.89. The van der Waals surface area contributed by atoms with Gasteiger partial charge in [-0.1, -0.05) is 26.8 Å². The van der Waals surface area contributed by atoms with Gasteiger partial charge in [-0.3, -0.25) is 14.6 Å². The number of hydrogen-bond donors (Lipinski definition) is 3. The fourth-order valence-electron chi connectivity index (χ4n) is 5.91. The number of fused-ring (bicyclic) bond motifs is 1. The van der Waals surface area contributed by atoms with Crippen molar-refractivity contribution in [3.63, 3.8) is 0 Å². The van der Waals surface area contributed by atoms with E-state index in [1.165, 1.54) is 0 Å². The van der Waals surface area contributed by atoms with Gasteiger partial charge in [0.2, 0.25) is 5.91 Å². The summed E-state index contributed by atoms with van der Waals surface area (Å²) in [4.78, 5) is 29.6. The molecule has 7 atom stereocenters. The quantitative estimate of drug-likeness (QED) is 0.683. The normalized spacial score (nSPS) is 34.4. The number of nitrogens with zero attached hydrogens (tertiary/aromatic N) is 1. The van der Waals surface area contributed by atoms with E-state index < -0.39 is 6.10 Å². The van der Waals surface area contributed by atoms with Crippen molar-refractivity contribution in [1.82, 2.24) is 15.6 Å². The van der Waals surface area contributed by atoms with Crippen LogP contribution >= 0.6 is 0 Å². The van der Waals surface area contributed by atoms with Gasteiger partial charge >= 0.3 is 0 Å².